The number of carbonyl (C=O) groups is 1. The third-order valence-corrected chi connectivity index (χ3v) is 2.16. The first-order chi connectivity index (χ1) is 6.74. The van der Waals surface area contributed by atoms with Crippen LogP contribution in [0.3, 0.4) is 0 Å². The van der Waals surface area contributed by atoms with Crippen LogP contribution in [0, 0.1) is 6.92 Å². The van der Waals surface area contributed by atoms with Gasteiger partial charge in [0.05, 0.1) is 12.7 Å². The predicted octanol–water partition coefficient (Wildman–Crippen LogP) is 0.690. The number of hydrogen-bond donors (Lipinski definition) is 1. The van der Waals surface area contributed by atoms with Gasteiger partial charge in [-0.3, -0.25) is 4.68 Å². The van der Waals surface area contributed by atoms with Gasteiger partial charge in [-0.25, -0.2) is 4.79 Å². The van der Waals surface area contributed by atoms with E-state index in [2.05, 4.69) is 10.4 Å². The van der Waals surface area contributed by atoms with E-state index in [1.165, 1.54) is 0 Å². The molecule has 1 atom stereocenters. The van der Waals surface area contributed by atoms with Gasteiger partial charge in [0.15, 0.2) is 0 Å². The lowest BCUT2D eigenvalue weighted by atomic mass is 10.2. The second-order valence-corrected chi connectivity index (χ2v) is 3.48. The van der Waals surface area contributed by atoms with Crippen LogP contribution in [0.1, 0.15) is 12.0 Å². The van der Waals surface area contributed by atoms with E-state index >= 15 is 0 Å². The van der Waals surface area contributed by atoms with Crippen molar-refractivity contribution in [2.45, 2.75) is 26.0 Å². The molecule has 0 spiro atoms. The van der Waals surface area contributed by atoms with Crippen LogP contribution in [0.15, 0.2) is 12.4 Å². The van der Waals surface area contributed by atoms with Gasteiger partial charge in [-0.2, -0.15) is 5.10 Å². The van der Waals surface area contributed by atoms with Crippen LogP contribution in [0.4, 0.5) is 4.79 Å². The summed E-state index contributed by atoms with van der Waals surface area (Å²) in [5, 5.41) is 6.75. The molecule has 2 rings (SSSR count). The Morgan fingerprint density at radius 1 is 1.79 bits per heavy atom. The van der Waals surface area contributed by atoms with Gasteiger partial charge < -0.3 is 10.1 Å². The first-order valence-electron chi connectivity index (χ1n) is 4.67. The van der Waals surface area contributed by atoms with E-state index in [9.17, 15) is 4.79 Å². The number of carbonyl (C=O) groups excluding carboxylic acids is 1. The highest BCUT2D eigenvalue weighted by Crippen LogP contribution is 2.07. The Bertz CT molecular complexity index is 335. The minimum atomic E-state index is -0.329. The Kier molecular flexibility index (Phi) is 2.39. The highest BCUT2D eigenvalue weighted by molar-refractivity contribution is 5.67. The first kappa shape index (κ1) is 9.05. The molecule has 5 heteroatoms. The molecule has 0 bridgehead atoms. The van der Waals surface area contributed by atoms with E-state index in [0.29, 0.717) is 13.1 Å². The molecule has 0 saturated carbocycles. The molecular formula is C9H13N3O2. The molecule has 1 aliphatic rings. The number of aryl methyl sites for hydroxylation is 1. The average Bonchev–Trinajstić information content (AvgIpc) is 2.51. The van der Waals surface area contributed by atoms with Gasteiger partial charge in [-0.05, 0) is 12.5 Å². The van der Waals surface area contributed by atoms with Crippen molar-refractivity contribution < 1.29 is 9.53 Å². The van der Waals surface area contributed by atoms with Crippen LogP contribution < -0.4 is 5.32 Å². The number of amides is 1. The van der Waals surface area contributed by atoms with Crippen LogP contribution in [0.25, 0.3) is 0 Å². The molecule has 1 fully saturated rings. The molecule has 1 aromatic rings. The topological polar surface area (TPSA) is 56.2 Å². The molecule has 0 radical (unpaired) electrons. The predicted molar refractivity (Wildman–Crippen MR) is 49.9 cm³/mol. The highest BCUT2D eigenvalue weighted by atomic mass is 16.6. The van der Waals surface area contributed by atoms with Crippen molar-refractivity contribution in [2.75, 3.05) is 6.54 Å². The second-order valence-electron chi connectivity index (χ2n) is 3.48. The summed E-state index contributed by atoms with van der Waals surface area (Å²) >= 11 is 0. The van der Waals surface area contributed by atoms with Crippen molar-refractivity contribution in [1.29, 1.82) is 0 Å². The molecule has 1 saturated heterocycles. The zero-order chi connectivity index (χ0) is 9.97. The fourth-order valence-corrected chi connectivity index (χ4v) is 1.49. The third-order valence-electron chi connectivity index (χ3n) is 2.16. The number of nitrogens with one attached hydrogen (secondary N) is 1. The van der Waals surface area contributed by atoms with Crippen LogP contribution >= 0.6 is 0 Å². The van der Waals surface area contributed by atoms with E-state index in [4.69, 9.17) is 4.74 Å². The molecule has 1 aliphatic heterocycles. The summed E-state index contributed by atoms with van der Waals surface area (Å²) in [5.74, 6) is 0. The molecule has 2 heterocycles. The van der Waals surface area contributed by atoms with Crippen LogP contribution in [0.2, 0.25) is 0 Å². The van der Waals surface area contributed by atoms with E-state index in [1.54, 1.807) is 10.9 Å². The molecule has 0 aromatic carbocycles. The van der Waals surface area contributed by atoms with Gasteiger partial charge in [0.1, 0.15) is 6.10 Å². The largest absolute Gasteiger partial charge is 0.444 e. The van der Waals surface area contributed by atoms with Gasteiger partial charge in [0.25, 0.3) is 0 Å². The summed E-state index contributed by atoms with van der Waals surface area (Å²) in [4.78, 5) is 10.9. The number of nitrogens with zero attached hydrogens (tertiary/aromatic N) is 2. The average molecular weight is 195 g/mol. The molecule has 0 aliphatic carbocycles. The maximum absolute atomic E-state index is 10.9. The Morgan fingerprint density at radius 3 is 3.29 bits per heavy atom. The Balaban J connectivity index is 1.93. The molecule has 1 N–H and O–H groups in total. The van der Waals surface area contributed by atoms with E-state index in [-0.39, 0.29) is 12.2 Å². The number of rotatable bonds is 2. The smallest absolute Gasteiger partial charge is 0.407 e. The molecule has 76 valence electrons. The Labute approximate surface area is 82.0 Å². The third kappa shape index (κ3) is 2.04. The van der Waals surface area contributed by atoms with E-state index in [1.807, 2.05) is 13.1 Å². The summed E-state index contributed by atoms with van der Waals surface area (Å²) in [5.41, 5.74) is 1.12. The SMILES string of the molecule is Cc1cnn(CC2CCNC(=O)O2)c1. The van der Waals surface area contributed by atoms with Gasteiger partial charge in [-0.15, -0.1) is 0 Å². The molecule has 14 heavy (non-hydrogen) atoms. The lowest BCUT2D eigenvalue weighted by Crippen LogP contribution is -2.39. The van der Waals surface area contributed by atoms with Crippen molar-refractivity contribution in [3.05, 3.63) is 18.0 Å². The maximum atomic E-state index is 10.9. The van der Waals surface area contributed by atoms with Gasteiger partial charge in [-0.1, -0.05) is 0 Å². The standard InChI is InChI=1S/C9H13N3O2/c1-7-4-11-12(5-7)6-8-2-3-10-9(13)14-8/h4-5,8H,2-3,6H2,1H3,(H,10,13). The van der Waals surface area contributed by atoms with Crippen molar-refractivity contribution in [3.8, 4) is 0 Å². The zero-order valence-electron chi connectivity index (χ0n) is 8.06. The highest BCUT2D eigenvalue weighted by Gasteiger charge is 2.19. The monoisotopic (exact) mass is 195 g/mol. The Hall–Kier alpha value is -1.52. The van der Waals surface area contributed by atoms with Crippen LogP contribution in [-0.2, 0) is 11.3 Å². The van der Waals surface area contributed by atoms with Crippen LogP contribution in [-0.4, -0.2) is 28.5 Å². The van der Waals surface area contributed by atoms with Crippen LogP contribution in [0.5, 0.6) is 0 Å². The minimum absolute atomic E-state index is 0.0527. The quantitative estimate of drug-likeness (QED) is 0.755. The van der Waals surface area contributed by atoms with Crippen molar-refractivity contribution in [3.63, 3.8) is 0 Å². The number of alkyl carbamates (subject to hydrolysis) is 1. The number of cyclic esters (lactones) is 1. The van der Waals surface area contributed by atoms with Crippen molar-refractivity contribution >= 4 is 6.09 Å². The summed E-state index contributed by atoms with van der Waals surface area (Å²) in [6.07, 6.45) is 4.19. The zero-order valence-corrected chi connectivity index (χ0v) is 8.06. The van der Waals surface area contributed by atoms with E-state index in [0.717, 1.165) is 12.0 Å². The van der Waals surface area contributed by atoms with Crippen molar-refractivity contribution in [1.82, 2.24) is 15.1 Å². The first-order valence-corrected chi connectivity index (χ1v) is 4.67. The normalized spacial score (nSPS) is 21.5. The summed E-state index contributed by atoms with van der Waals surface area (Å²) in [6, 6.07) is 0. The number of ether oxygens (including phenoxy) is 1. The van der Waals surface area contributed by atoms with Gasteiger partial charge >= 0.3 is 6.09 Å². The summed E-state index contributed by atoms with van der Waals surface area (Å²) in [7, 11) is 0. The molecule has 1 amide bonds. The van der Waals surface area contributed by atoms with E-state index < -0.39 is 0 Å². The summed E-state index contributed by atoms with van der Waals surface area (Å²) < 4.78 is 6.89. The Morgan fingerprint density at radius 2 is 2.64 bits per heavy atom. The maximum Gasteiger partial charge on any atom is 0.407 e. The van der Waals surface area contributed by atoms with Gasteiger partial charge in [0, 0.05) is 19.2 Å². The molecule has 1 unspecified atom stereocenters. The minimum Gasteiger partial charge on any atom is -0.444 e. The number of hydrogen-bond acceptors (Lipinski definition) is 3. The molecular weight excluding hydrogens is 182 g/mol. The molecule has 1 aromatic heterocycles. The number of aromatic nitrogens is 2. The van der Waals surface area contributed by atoms with Gasteiger partial charge in [0.2, 0.25) is 0 Å². The fourth-order valence-electron chi connectivity index (χ4n) is 1.49. The fraction of sp³-hybridized carbons (Fsp3) is 0.556. The molecule has 5 nitrogen and oxygen atoms in total. The van der Waals surface area contributed by atoms with Crippen molar-refractivity contribution in [2.24, 2.45) is 0 Å². The lowest BCUT2D eigenvalue weighted by Gasteiger charge is -2.22. The summed E-state index contributed by atoms with van der Waals surface area (Å²) in [6.45, 7) is 3.31. The lowest BCUT2D eigenvalue weighted by molar-refractivity contribution is 0.0623. The second kappa shape index (κ2) is 3.69.